The summed E-state index contributed by atoms with van der Waals surface area (Å²) in [5.74, 6) is -0.391. The van der Waals surface area contributed by atoms with Gasteiger partial charge >= 0.3 is 5.97 Å². The molecule has 0 fully saturated rings. The maximum Gasteiger partial charge on any atom is 0.326 e. The Morgan fingerprint density at radius 3 is 1.83 bits per heavy atom. The van der Waals surface area contributed by atoms with Gasteiger partial charge in [-0.05, 0) is 58.1 Å². The fraction of sp³-hybridized carbons (Fsp3) is 0.111. The van der Waals surface area contributed by atoms with Crippen molar-refractivity contribution in [3.05, 3.63) is 156 Å². The van der Waals surface area contributed by atoms with E-state index in [0.717, 1.165) is 27.8 Å². The number of ether oxygens (including phenoxy) is 2. The number of aliphatic carboxylic acids is 1. The summed E-state index contributed by atoms with van der Waals surface area (Å²) < 4.78 is 11.7. The lowest BCUT2D eigenvalue weighted by molar-refractivity contribution is -0.139. The summed E-state index contributed by atoms with van der Waals surface area (Å²) in [4.78, 5) is 24.9. The highest BCUT2D eigenvalue weighted by molar-refractivity contribution is 5.97. The van der Waals surface area contributed by atoms with E-state index in [1.54, 1.807) is 36.4 Å². The number of carbonyl (C=O) groups is 2. The minimum atomic E-state index is -1.11. The van der Waals surface area contributed by atoms with Gasteiger partial charge in [0, 0.05) is 12.0 Å². The molecule has 0 heterocycles. The Morgan fingerprint density at radius 2 is 1.17 bits per heavy atom. The summed E-state index contributed by atoms with van der Waals surface area (Å²) in [6, 6.07) is 41.0. The number of amides is 1. The van der Waals surface area contributed by atoms with Crippen LogP contribution in [0.2, 0.25) is 0 Å². The van der Waals surface area contributed by atoms with Gasteiger partial charge in [-0.1, -0.05) is 103 Å². The summed E-state index contributed by atoms with van der Waals surface area (Å²) in [5.41, 5.74) is 5.41. The molecule has 0 unspecified atom stereocenters. The zero-order valence-corrected chi connectivity index (χ0v) is 23.0. The Balaban J connectivity index is 1.15. The van der Waals surface area contributed by atoms with Crippen LogP contribution in [0.5, 0.6) is 11.5 Å². The number of rotatable bonds is 12. The Kier molecular flexibility index (Phi) is 9.27. The van der Waals surface area contributed by atoms with E-state index in [1.807, 2.05) is 72.8 Å². The predicted octanol–water partition coefficient (Wildman–Crippen LogP) is 6.94. The van der Waals surface area contributed by atoms with Crippen LogP contribution in [0.3, 0.4) is 0 Å². The third kappa shape index (κ3) is 7.86. The van der Waals surface area contributed by atoms with E-state index in [1.165, 1.54) is 0 Å². The van der Waals surface area contributed by atoms with Gasteiger partial charge in [-0.2, -0.15) is 0 Å². The SMILES string of the molecule is O=C(N[C@@H](Cc1ccc(OCc2ccccc2)cc1)C(=O)O)c1cccc(OCc2ccc(-c3ccccc3)cc2)c1. The monoisotopic (exact) mass is 557 g/mol. The van der Waals surface area contributed by atoms with Crippen molar-refractivity contribution < 1.29 is 24.2 Å². The second-order valence-corrected chi connectivity index (χ2v) is 9.87. The summed E-state index contributed by atoms with van der Waals surface area (Å²) in [6.07, 6.45) is 0.134. The summed E-state index contributed by atoms with van der Waals surface area (Å²) in [7, 11) is 0. The van der Waals surface area contributed by atoms with Crippen LogP contribution in [-0.4, -0.2) is 23.0 Å². The molecule has 6 nitrogen and oxygen atoms in total. The molecule has 0 aromatic heterocycles. The number of carboxylic acid groups (broad SMARTS) is 1. The molecule has 1 atom stereocenters. The van der Waals surface area contributed by atoms with Gasteiger partial charge in [0.05, 0.1) is 0 Å². The van der Waals surface area contributed by atoms with E-state index in [9.17, 15) is 14.7 Å². The van der Waals surface area contributed by atoms with Gasteiger partial charge in [0.2, 0.25) is 0 Å². The number of hydrogen-bond acceptors (Lipinski definition) is 4. The maximum absolute atomic E-state index is 13.0. The number of carboxylic acids is 1. The van der Waals surface area contributed by atoms with E-state index in [4.69, 9.17) is 9.47 Å². The van der Waals surface area contributed by atoms with Gasteiger partial charge in [0.25, 0.3) is 5.91 Å². The van der Waals surface area contributed by atoms with Crippen molar-refractivity contribution in [3.63, 3.8) is 0 Å². The fourth-order valence-electron chi connectivity index (χ4n) is 4.46. The smallest absolute Gasteiger partial charge is 0.326 e. The summed E-state index contributed by atoms with van der Waals surface area (Å²) in [5, 5.41) is 12.4. The van der Waals surface area contributed by atoms with Crippen molar-refractivity contribution in [1.29, 1.82) is 0 Å². The third-order valence-corrected chi connectivity index (χ3v) is 6.78. The van der Waals surface area contributed by atoms with Gasteiger partial charge in [0.1, 0.15) is 30.8 Å². The van der Waals surface area contributed by atoms with Crippen molar-refractivity contribution in [3.8, 4) is 22.6 Å². The van der Waals surface area contributed by atoms with Gasteiger partial charge in [-0.3, -0.25) is 4.79 Å². The van der Waals surface area contributed by atoms with Crippen LogP contribution >= 0.6 is 0 Å². The normalized spacial score (nSPS) is 11.3. The second kappa shape index (κ2) is 13.8. The van der Waals surface area contributed by atoms with Gasteiger partial charge in [-0.15, -0.1) is 0 Å². The zero-order valence-electron chi connectivity index (χ0n) is 23.0. The van der Waals surface area contributed by atoms with Crippen molar-refractivity contribution in [2.75, 3.05) is 0 Å². The van der Waals surface area contributed by atoms with Crippen LogP contribution in [0.1, 0.15) is 27.0 Å². The molecule has 2 N–H and O–H groups in total. The predicted molar refractivity (Wildman–Crippen MR) is 162 cm³/mol. The lowest BCUT2D eigenvalue weighted by atomic mass is 10.0. The van der Waals surface area contributed by atoms with E-state index >= 15 is 0 Å². The second-order valence-electron chi connectivity index (χ2n) is 9.87. The van der Waals surface area contributed by atoms with Gasteiger partial charge in [0.15, 0.2) is 0 Å². The highest BCUT2D eigenvalue weighted by Crippen LogP contribution is 2.21. The molecule has 0 aliphatic heterocycles. The van der Waals surface area contributed by atoms with E-state index in [0.29, 0.717) is 30.3 Å². The van der Waals surface area contributed by atoms with Crippen LogP contribution in [0.4, 0.5) is 0 Å². The van der Waals surface area contributed by atoms with Crippen molar-refractivity contribution in [2.45, 2.75) is 25.7 Å². The fourth-order valence-corrected chi connectivity index (χ4v) is 4.46. The molecule has 210 valence electrons. The molecule has 0 aliphatic carbocycles. The van der Waals surface area contributed by atoms with Gasteiger partial charge < -0.3 is 19.9 Å². The molecule has 0 spiro atoms. The Morgan fingerprint density at radius 1 is 0.595 bits per heavy atom. The lowest BCUT2D eigenvalue weighted by Gasteiger charge is -2.16. The van der Waals surface area contributed by atoms with Crippen LogP contribution in [0, 0.1) is 0 Å². The molecule has 0 bridgehead atoms. The molecule has 5 aromatic rings. The molecule has 0 saturated heterocycles. The molecule has 0 radical (unpaired) electrons. The summed E-state index contributed by atoms with van der Waals surface area (Å²) in [6.45, 7) is 0.778. The zero-order chi connectivity index (χ0) is 29.1. The Labute approximate surface area is 245 Å². The van der Waals surface area contributed by atoms with Crippen LogP contribution in [-0.2, 0) is 24.4 Å². The maximum atomic E-state index is 13.0. The molecule has 42 heavy (non-hydrogen) atoms. The topological polar surface area (TPSA) is 84.9 Å². The minimum Gasteiger partial charge on any atom is -0.489 e. The van der Waals surface area contributed by atoms with Crippen molar-refractivity contribution >= 4 is 11.9 Å². The first-order chi connectivity index (χ1) is 20.5. The highest BCUT2D eigenvalue weighted by Gasteiger charge is 2.21. The van der Waals surface area contributed by atoms with Crippen molar-refractivity contribution in [2.24, 2.45) is 0 Å². The van der Waals surface area contributed by atoms with E-state index < -0.39 is 17.9 Å². The largest absolute Gasteiger partial charge is 0.489 e. The Hall–Kier alpha value is -5.36. The molecule has 5 rings (SSSR count). The summed E-state index contributed by atoms with van der Waals surface area (Å²) >= 11 is 0. The molecular formula is C36H31NO5. The first kappa shape index (κ1) is 28.2. The minimum absolute atomic E-state index is 0.134. The Bertz CT molecular complexity index is 1600. The average molecular weight is 558 g/mol. The van der Waals surface area contributed by atoms with Crippen LogP contribution in [0.15, 0.2) is 133 Å². The number of hydrogen-bond donors (Lipinski definition) is 2. The third-order valence-electron chi connectivity index (χ3n) is 6.78. The molecular weight excluding hydrogens is 526 g/mol. The lowest BCUT2D eigenvalue weighted by Crippen LogP contribution is -2.42. The standard InChI is InChI=1S/C36H31NO5/c38-35(37-34(36(39)40)22-26-16-20-32(21-17-26)41-24-27-8-3-1-4-9-27)31-12-7-13-33(23-31)42-25-28-14-18-30(19-15-28)29-10-5-2-6-11-29/h1-21,23,34H,22,24-25H2,(H,37,38)(H,39,40)/t34-/m0/s1. The molecule has 0 aliphatic rings. The first-order valence-corrected chi connectivity index (χ1v) is 13.7. The van der Waals surface area contributed by atoms with Crippen LogP contribution < -0.4 is 14.8 Å². The molecule has 1 amide bonds. The number of carbonyl (C=O) groups excluding carboxylic acids is 1. The highest BCUT2D eigenvalue weighted by atomic mass is 16.5. The molecule has 6 heteroatoms. The number of benzene rings is 5. The van der Waals surface area contributed by atoms with Crippen LogP contribution in [0.25, 0.3) is 11.1 Å². The van der Waals surface area contributed by atoms with Crippen molar-refractivity contribution in [1.82, 2.24) is 5.32 Å². The molecule has 5 aromatic carbocycles. The van der Waals surface area contributed by atoms with E-state index in [-0.39, 0.29) is 6.42 Å². The quantitative estimate of drug-likeness (QED) is 0.174. The van der Waals surface area contributed by atoms with Gasteiger partial charge in [-0.25, -0.2) is 4.79 Å². The molecule has 0 saturated carbocycles. The average Bonchev–Trinajstić information content (AvgIpc) is 3.04. The van der Waals surface area contributed by atoms with E-state index in [2.05, 4.69) is 29.6 Å². The number of nitrogens with one attached hydrogen (secondary N) is 1. The first-order valence-electron chi connectivity index (χ1n) is 13.7.